The molecule has 2 atom stereocenters. The van der Waals surface area contributed by atoms with Crippen molar-refractivity contribution in [1.82, 2.24) is 15.3 Å². The highest BCUT2D eigenvalue weighted by molar-refractivity contribution is 6.40. The van der Waals surface area contributed by atoms with Crippen LogP contribution in [0, 0.1) is 5.82 Å². The average Bonchev–Trinajstić information content (AvgIpc) is 3.29. The number of halogens is 3. The third-order valence-corrected chi connectivity index (χ3v) is 5.89. The van der Waals surface area contributed by atoms with E-state index in [1.54, 1.807) is 0 Å². The molecular weight excluding hydrogens is 532 g/mol. The lowest BCUT2D eigenvalue weighted by atomic mass is 9.58. The molecule has 37 heavy (non-hydrogen) atoms. The van der Waals surface area contributed by atoms with Crippen molar-refractivity contribution in [2.45, 2.75) is 23.1 Å². The van der Waals surface area contributed by atoms with Gasteiger partial charge in [-0.2, -0.15) is 0 Å². The van der Waals surface area contributed by atoms with Gasteiger partial charge in [-0.25, -0.2) is 9.37 Å². The van der Waals surface area contributed by atoms with Gasteiger partial charge in [0, 0.05) is 28.9 Å². The first kappa shape index (κ1) is 28.9. The molecule has 9 N–H and O–H groups in total. The second-order valence-electron chi connectivity index (χ2n) is 8.03. The molecule has 192 valence electrons. The molecule has 0 bridgehead atoms. The van der Waals surface area contributed by atoms with Gasteiger partial charge in [0.15, 0.2) is 0 Å². The van der Waals surface area contributed by atoms with Gasteiger partial charge in [0.25, 0.3) is 5.91 Å². The summed E-state index contributed by atoms with van der Waals surface area (Å²) in [6.07, 6.45) is 2.46. The minimum atomic E-state index is -4.02. The van der Waals surface area contributed by atoms with Gasteiger partial charge in [0.1, 0.15) is 33.0 Å². The van der Waals surface area contributed by atoms with Gasteiger partial charge < -0.3 is 46.3 Å². The van der Waals surface area contributed by atoms with Gasteiger partial charge in [-0.15, -0.1) is 0 Å². The van der Waals surface area contributed by atoms with Gasteiger partial charge >= 0.3 is 5.97 Å². The minimum absolute atomic E-state index is 0.0268. The number of nitrogens with one attached hydrogen (secondary N) is 3. The predicted molar refractivity (Wildman–Crippen MR) is 132 cm³/mol. The molecule has 0 aliphatic rings. The van der Waals surface area contributed by atoms with E-state index in [-0.39, 0.29) is 27.1 Å². The SMILES string of the molecule is [B]C([B])(O)C(O)(Nc1cc(-c2c[nH]c(C(=O)N[C@H](CO)c3ccc(F)c(Cl)c3)c2)c(Cl)cn1)C(O)(O)O. The van der Waals surface area contributed by atoms with Crippen molar-refractivity contribution in [2.24, 2.45) is 0 Å². The summed E-state index contributed by atoms with van der Waals surface area (Å²) >= 11 is 12.0. The van der Waals surface area contributed by atoms with E-state index in [0.717, 1.165) is 18.3 Å². The molecule has 3 rings (SSSR count). The molecule has 0 saturated heterocycles. The fraction of sp³-hybridized carbons (Fsp3) is 0.238. The Kier molecular flexibility index (Phi) is 8.27. The Morgan fingerprint density at radius 2 is 1.78 bits per heavy atom. The van der Waals surface area contributed by atoms with Crippen LogP contribution in [0.3, 0.4) is 0 Å². The number of aromatic nitrogens is 2. The Morgan fingerprint density at radius 1 is 1.11 bits per heavy atom. The first-order valence-electron chi connectivity index (χ1n) is 10.3. The summed E-state index contributed by atoms with van der Waals surface area (Å²) < 4.78 is 13.4. The van der Waals surface area contributed by atoms with Crippen LogP contribution in [-0.4, -0.2) is 85.9 Å². The number of aliphatic hydroxyl groups excluding tert-OH is 1. The first-order valence-corrected chi connectivity index (χ1v) is 11.0. The fourth-order valence-corrected chi connectivity index (χ4v) is 3.65. The number of anilines is 1. The number of carbonyl (C=O) groups excluding carboxylic acids is 1. The van der Waals surface area contributed by atoms with Crippen molar-refractivity contribution in [3.8, 4) is 11.1 Å². The zero-order valence-corrected chi connectivity index (χ0v) is 20.2. The summed E-state index contributed by atoms with van der Waals surface area (Å²) in [5.74, 6) is -5.71. The molecule has 0 aliphatic heterocycles. The van der Waals surface area contributed by atoms with Crippen LogP contribution in [0.25, 0.3) is 11.1 Å². The van der Waals surface area contributed by atoms with Gasteiger partial charge in [0.2, 0.25) is 5.72 Å². The molecule has 2 heterocycles. The molecule has 11 nitrogen and oxygen atoms in total. The van der Waals surface area contributed by atoms with E-state index in [9.17, 15) is 39.8 Å². The van der Waals surface area contributed by atoms with Gasteiger partial charge in [0.05, 0.1) is 22.7 Å². The number of hydrogen-bond donors (Lipinski definition) is 9. The molecule has 0 saturated carbocycles. The van der Waals surface area contributed by atoms with Gasteiger partial charge in [-0.3, -0.25) is 4.79 Å². The molecule has 1 aromatic carbocycles. The van der Waals surface area contributed by atoms with Crippen molar-refractivity contribution in [3.05, 3.63) is 69.8 Å². The fourth-order valence-electron chi connectivity index (χ4n) is 3.25. The maximum absolute atomic E-state index is 13.4. The molecule has 2 aromatic heterocycles. The number of pyridine rings is 1. The number of benzene rings is 1. The molecule has 1 amide bonds. The third-order valence-electron chi connectivity index (χ3n) is 5.30. The second kappa shape index (κ2) is 10.6. The van der Waals surface area contributed by atoms with Crippen molar-refractivity contribution in [2.75, 3.05) is 11.9 Å². The number of rotatable bonds is 9. The van der Waals surface area contributed by atoms with Crippen LogP contribution >= 0.6 is 23.2 Å². The predicted octanol–water partition coefficient (Wildman–Crippen LogP) is -0.300. The van der Waals surface area contributed by atoms with Crippen molar-refractivity contribution in [3.63, 3.8) is 0 Å². The van der Waals surface area contributed by atoms with Crippen LogP contribution < -0.4 is 10.6 Å². The Morgan fingerprint density at radius 3 is 2.35 bits per heavy atom. The van der Waals surface area contributed by atoms with Crippen LogP contribution in [0.4, 0.5) is 10.2 Å². The number of hydrogen-bond acceptors (Lipinski definition) is 9. The highest BCUT2D eigenvalue weighted by atomic mass is 35.5. The minimum Gasteiger partial charge on any atom is -0.404 e. The summed E-state index contributed by atoms with van der Waals surface area (Å²) in [7, 11) is 10.3. The number of carbonyl (C=O) groups is 1. The van der Waals surface area contributed by atoms with Crippen LogP contribution in [0.2, 0.25) is 10.0 Å². The van der Waals surface area contributed by atoms with Crippen molar-refractivity contribution >= 4 is 50.6 Å². The Balaban J connectivity index is 1.86. The Labute approximate surface area is 221 Å². The van der Waals surface area contributed by atoms with Crippen molar-refractivity contribution < 1.29 is 39.8 Å². The standard InChI is InChI=1S/C21H19B2Cl2FN4O7/c22-20(23,34)19(33,21(35,36)37)30-17-5-11(13(25)7-28-17)10-4-15(27-6-10)18(32)29-16(8-31)9-1-2-14(26)12(24)3-9/h1-7,16,27,31,33-37H,8H2,(H,28,30)(H,29,32)/t16-,19?/m1/s1. The average molecular weight is 551 g/mol. The number of nitrogens with zero attached hydrogens (tertiary/aromatic N) is 1. The summed E-state index contributed by atoms with van der Waals surface area (Å²) in [5.41, 5.74) is -2.63. The molecule has 4 radical (unpaired) electrons. The van der Waals surface area contributed by atoms with Crippen LogP contribution in [0.5, 0.6) is 0 Å². The number of aliphatic hydroxyl groups is 6. The number of amides is 1. The summed E-state index contributed by atoms with van der Waals surface area (Å²) in [6, 6.07) is 5.36. The van der Waals surface area contributed by atoms with Crippen molar-refractivity contribution in [1.29, 1.82) is 0 Å². The molecule has 1 unspecified atom stereocenters. The molecular formula is C21H19B2Cl2FN4O7. The van der Waals surface area contributed by atoms with E-state index < -0.39 is 41.5 Å². The van der Waals surface area contributed by atoms with Crippen LogP contribution in [-0.2, 0) is 0 Å². The topological polar surface area (TPSA) is 191 Å². The molecule has 16 heteroatoms. The maximum atomic E-state index is 13.4. The van der Waals surface area contributed by atoms with E-state index in [4.69, 9.17) is 38.9 Å². The molecule has 3 aromatic rings. The Bertz CT molecular complexity index is 1290. The first-order chi connectivity index (χ1) is 17.1. The molecule has 0 fully saturated rings. The summed E-state index contributed by atoms with van der Waals surface area (Å²) in [6.45, 7) is -0.508. The van der Waals surface area contributed by atoms with Crippen LogP contribution in [0.15, 0.2) is 42.7 Å². The quantitative estimate of drug-likeness (QED) is 0.127. The van der Waals surface area contributed by atoms with E-state index in [1.807, 2.05) is 5.32 Å². The van der Waals surface area contributed by atoms with E-state index >= 15 is 0 Å². The summed E-state index contributed by atoms with van der Waals surface area (Å²) in [5, 5.41) is 59.3. The largest absolute Gasteiger partial charge is 0.404 e. The normalized spacial score (nSPS) is 14.6. The highest BCUT2D eigenvalue weighted by Crippen LogP contribution is 2.33. The van der Waals surface area contributed by atoms with E-state index in [1.165, 1.54) is 24.4 Å². The highest BCUT2D eigenvalue weighted by Gasteiger charge is 2.57. The van der Waals surface area contributed by atoms with E-state index in [0.29, 0.717) is 11.1 Å². The second-order valence-corrected chi connectivity index (χ2v) is 8.84. The summed E-state index contributed by atoms with van der Waals surface area (Å²) in [4.78, 5) is 19.3. The maximum Gasteiger partial charge on any atom is 0.327 e. The van der Waals surface area contributed by atoms with E-state index in [2.05, 4.69) is 15.3 Å². The Hall–Kier alpha value is -2.68. The van der Waals surface area contributed by atoms with Crippen LogP contribution in [0.1, 0.15) is 22.1 Å². The third kappa shape index (κ3) is 6.08. The monoisotopic (exact) mass is 550 g/mol. The zero-order chi connectivity index (χ0) is 27.8. The lowest BCUT2D eigenvalue weighted by molar-refractivity contribution is -0.396. The molecule has 0 aliphatic carbocycles. The lowest BCUT2D eigenvalue weighted by Crippen LogP contribution is -2.73. The zero-order valence-electron chi connectivity index (χ0n) is 18.7. The van der Waals surface area contributed by atoms with Gasteiger partial charge in [-0.1, -0.05) is 29.3 Å². The number of H-pyrrole nitrogens is 1. The van der Waals surface area contributed by atoms with Gasteiger partial charge in [-0.05, 0) is 29.8 Å². The molecule has 0 spiro atoms. The lowest BCUT2D eigenvalue weighted by Gasteiger charge is -2.45. The number of aromatic amines is 1. The smallest absolute Gasteiger partial charge is 0.327 e.